The van der Waals surface area contributed by atoms with Crippen molar-refractivity contribution >= 4 is 35.0 Å². The number of nitrogens with zero attached hydrogens (tertiary/aromatic N) is 3. The molecule has 1 aromatic heterocycles. The Bertz CT molecular complexity index is 962. The van der Waals surface area contributed by atoms with Gasteiger partial charge in [-0.15, -0.1) is 10.2 Å². The third-order valence-corrected chi connectivity index (χ3v) is 5.57. The highest BCUT2D eigenvalue weighted by Gasteiger charge is 2.20. The third-order valence-electron chi connectivity index (χ3n) is 4.20. The van der Waals surface area contributed by atoms with Crippen molar-refractivity contribution in [2.45, 2.75) is 23.8 Å². The lowest BCUT2D eigenvalue weighted by Gasteiger charge is -2.14. The van der Waals surface area contributed by atoms with Gasteiger partial charge in [-0.1, -0.05) is 53.7 Å². The number of methoxy groups -OCH3 is 1. The Hall–Kier alpha value is -2.51. The Kier molecular flexibility index (Phi) is 6.59. The summed E-state index contributed by atoms with van der Waals surface area (Å²) in [5.74, 6) is 1.23. The van der Waals surface area contributed by atoms with Crippen LogP contribution in [0, 0.1) is 0 Å². The molecule has 0 saturated carbocycles. The van der Waals surface area contributed by atoms with Gasteiger partial charge in [0, 0.05) is 18.5 Å². The second-order valence-electron chi connectivity index (χ2n) is 6.21. The van der Waals surface area contributed by atoms with Crippen molar-refractivity contribution in [3.63, 3.8) is 0 Å². The second kappa shape index (κ2) is 9.12. The number of carbonyl (C=O) groups excluding carboxylic acids is 1. The lowest BCUT2D eigenvalue weighted by atomic mass is 10.1. The fourth-order valence-electron chi connectivity index (χ4n) is 2.60. The van der Waals surface area contributed by atoms with Gasteiger partial charge in [0.05, 0.1) is 18.0 Å². The molecule has 0 aliphatic carbocycles. The Morgan fingerprint density at radius 1 is 1.25 bits per heavy atom. The van der Waals surface area contributed by atoms with E-state index >= 15 is 0 Å². The molecule has 6 nitrogen and oxygen atoms in total. The molecule has 0 aliphatic heterocycles. The van der Waals surface area contributed by atoms with Gasteiger partial charge in [-0.25, -0.2) is 0 Å². The first kappa shape index (κ1) is 20.2. The van der Waals surface area contributed by atoms with Gasteiger partial charge in [-0.2, -0.15) is 0 Å². The zero-order chi connectivity index (χ0) is 20.1. The second-order valence-corrected chi connectivity index (χ2v) is 7.96. The smallest absolute Gasteiger partial charge is 0.237 e. The molecule has 1 amide bonds. The number of rotatable bonds is 7. The van der Waals surface area contributed by atoms with Gasteiger partial charge in [-0.3, -0.25) is 4.79 Å². The number of hydrogen-bond donors (Lipinski definition) is 1. The Labute approximate surface area is 173 Å². The van der Waals surface area contributed by atoms with Crippen molar-refractivity contribution in [1.82, 2.24) is 14.8 Å². The molecule has 0 unspecified atom stereocenters. The Balaban J connectivity index is 1.67. The Morgan fingerprint density at radius 2 is 2.00 bits per heavy atom. The number of benzene rings is 2. The van der Waals surface area contributed by atoms with E-state index in [-0.39, 0.29) is 11.2 Å². The lowest BCUT2D eigenvalue weighted by molar-refractivity contribution is -0.115. The van der Waals surface area contributed by atoms with Gasteiger partial charge in [0.25, 0.3) is 0 Å². The highest BCUT2D eigenvalue weighted by Crippen LogP contribution is 2.29. The van der Waals surface area contributed by atoms with Crippen molar-refractivity contribution < 1.29 is 9.53 Å². The van der Waals surface area contributed by atoms with E-state index in [1.54, 1.807) is 25.3 Å². The van der Waals surface area contributed by atoms with E-state index < -0.39 is 0 Å². The number of anilines is 1. The molecule has 1 N–H and O–H groups in total. The van der Waals surface area contributed by atoms with Gasteiger partial charge in [0.15, 0.2) is 5.16 Å². The quantitative estimate of drug-likeness (QED) is 0.585. The van der Waals surface area contributed by atoms with Crippen LogP contribution in [0.1, 0.15) is 18.3 Å². The summed E-state index contributed by atoms with van der Waals surface area (Å²) in [6, 6.07) is 15.2. The van der Waals surface area contributed by atoms with Crippen molar-refractivity contribution in [3.05, 3.63) is 64.9 Å². The molecule has 0 spiro atoms. The maximum Gasteiger partial charge on any atom is 0.237 e. The molecule has 146 valence electrons. The van der Waals surface area contributed by atoms with Crippen LogP contribution in [0.2, 0.25) is 5.02 Å². The first-order chi connectivity index (χ1) is 13.5. The number of halogens is 1. The van der Waals surface area contributed by atoms with Crippen molar-refractivity contribution in [1.29, 1.82) is 0 Å². The summed E-state index contributed by atoms with van der Waals surface area (Å²) in [4.78, 5) is 12.6. The molecule has 8 heteroatoms. The van der Waals surface area contributed by atoms with Gasteiger partial charge >= 0.3 is 0 Å². The minimum absolute atomic E-state index is 0.168. The number of thioether (sulfide) groups is 1. The minimum atomic E-state index is -0.379. The average molecular weight is 417 g/mol. The fourth-order valence-corrected chi connectivity index (χ4v) is 3.61. The predicted octanol–water partition coefficient (Wildman–Crippen LogP) is 4.19. The van der Waals surface area contributed by atoms with Crippen molar-refractivity contribution in [2.75, 3.05) is 12.4 Å². The van der Waals surface area contributed by atoms with Crippen molar-refractivity contribution in [3.8, 4) is 5.75 Å². The largest absolute Gasteiger partial charge is 0.495 e. The van der Waals surface area contributed by atoms with E-state index in [2.05, 4.69) is 27.6 Å². The Morgan fingerprint density at radius 3 is 2.71 bits per heavy atom. The van der Waals surface area contributed by atoms with Crippen LogP contribution >= 0.6 is 23.4 Å². The molecule has 0 saturated heterocycles. The number of nitrogens with one attached hydrogen (secondary N) is 1. The normalized spacial score (nSPS) is 11.9. The van der Waals surface area contributed by atoms with Gasteiger partial charge < -0.3 is 14.6 Å². The molecule has 0 radical (unpaired) electrons. The molecule has 3 aromatic rings. The standard InChI is InChI=1S/C20H21ClN4O2S/c1-13(19(26)22-16-12-15(21)9-10-17(16)27-3)28-20-24-23-18(25(20)2)11-14-7-5-4-6-8-14/h4-10,12-13H,11H2,1-3H3,(H,22,26)/t13-/m0/s1. The van der Waals surface area contributed by atoms with Gasteiger partial charge in [0.1, 0.15) is 11.6 Å². The highest BCUT2D eigenvalue weighted by molar-refractivity contribution is 8.00. The maximum absolute atomic E-state index is 12.6. The molecule has 0 fully saturated rings. The van der Waals surface area contributed by atoms with Crippen molar-refractivity contribution in [2.24, 2.45) is 7.05 Å². The first-order valence-electron chi connectivity index (χ1n) is 8.71. The molecule has 0 bridgehead atoms. The topological polar surface area (TPSA) is 69.0 Å². The zero-order valence-electron chi connectivity index (χ0n) is 15.8. The van der Waals surface area contributed by atoms with Crippen LogP contribution < -0.4 is 10.1 Å². The number of hydrogen-bond acceptors (Lipinski definition) is 5. The molecule has 1 heterocycles. The van der Waals surface area contributed by atoms with E-state index in [9.17, 15) is 4.79 Å². The molecule has 2 aromatic carbocycles. The predicted molar refractivity (Wildman–Crippen MR) is 112 cm³/mol. The van der Waals surface area contributed by atoms with Gasteiger partial charge in [-0.05, 0) is 30.7 Å². The van der Waals surface area contributed by atoms with E-state index in [0.717, 1.165) is 11.4 Å². The highest BCUT2D eigenvalue weighted by atomic mass is 35.5. The fraction of sp³-hybridized carbons (Fsp3) is 0.250. The van der Waals surface area contributed by atoms with E-state index in [0.29, 0.717) is 28.0 Å². The van der Waals surface area contributed by atoms with E-state index in [1.165, 1.54) is 11.8 Å². The lowest BCUT2D eigenvalue weighted by Crippen LogP contribution is -2.23. The molecular weight excluding hydrogens is 396 g/mol. The number of amides is 1. The summed E-state index contributed by atoms with van der Waals surface area (Å²) < 4.78 is 7.19. The van der Waals surface area contributed by atoms with Crippen LogP contribution in [0.15, 0.2) is 53.7 Å². The molecule has 28 heavy (non-hydrogen) atoms. The zero-order valence-corrected chi connectivity index (χ0v) is 17.4. The monoisotopic (exact) mass is 416 g/mol. The molecule has 0 aliphatic rings. The summed E-state index contributed by atoms with van der Waals surface area (Å²) >= 11 is 7.37. The van der Waals surface area contributed by atoms with Crippen LogP contribution in [0.25, 0.3) is 0 Å². The van der Waals surface area contributed by atoms with E-state index in [4.69, 9.17) is 16.3 Å². The SMILES string of the molecule is COc1ccc(Cl)cc1NC(=O)[C@H](C)Sc1nnc(Cc2ccccc2)n1C. The third kappa shape index (κ3) is 4.85. The number of carbonyl (C=O) groups is 1. The van der Waals surface area contributed by atoms with Crippen LogP contribution in [-0.4, -0.2) is 33.0 Å². The molecule has 1 atom stereocenters. The van der Waals surface area contributed by atoms with Crippen LogP contribution in [0.5, 0.6) is 5.75 Å². The van der Waals surface area contributed by atoms with Crippen LogP contribution in [-0.2, 0) is 18.3 Å². The summed E-state index contributed by atoms with van der Waals surface area (Å²) in [6.07, 6.45) is 0.686. The molecular formula is C20H21ClN4O2S. The first-order valence-corrected chi connectivity index (χ1v) is 9.97. The molecule has 3 rings (SSSR count). The van der Waals surface area contributed by atoms with E-state index in [1.807, 2.05) is 36.7 Å². The summed E-state index contributed by atoms with van der Waals surface area (Å²) in [5.41, 5.74) is 1.70. The van der Waals surface area contributed by atoms with Crippen LogP contribution in [0.4, 0.5) is 5.69 Å². The minimum Gasteiger partial charge on any atom is -0.495 e. The number of aromatic nitrogens is 3. The maximum atomic E-state index is 12.6. The summed E-state index contributed by atoms with van der Waals surface area (Å²) in [5, 5.41) is 12.2. The number of ether oxygens (including phenoxy) is 1. The summed E-state index contributed by atoms with van der Waals surface area (Å²) in [6.45, 7) is 1.82. The van der Waals surface area contributed by atoms with Crippen LogP contribution in [0.3, 0.4) is 0 Å². The average Bonchev–Trinajstić information content (AvgIpc) is 3.02. The van der Waals surface area contributed by atoms with Gasteiger partial charge in [0.2, 0.25) is 5.91 Å². The summed E-state index contributed by atoms with van der Waals surface area (Å²) in [7, 11) is 3.45.